The maximum Gasteiger partial charge on any atom is 0.0694 e. The van der Waals surface area contributed by atoms with Gasteiger partial charge in [0.15, 0.2) is 0 Å². The van der Waals surface area contributed by atoms with Gasteiger partial charge in [0.05, 0.1) is 5.60 Å². The van der Waals surface area contributed by atoms with E-state index in [1.807, 2.05) is 7.11 Å². The first kappa shape index (κ1) is 14.5. The molecule has 0 aromatic heterocycles. The molecule has 0 aliphatic heterocycles. The number of methoxy groups -OCH3 is 1. The second-order valence-electron chi connectivity index (χ2n) is 5.68. The van der Waals surface area contributed by atoms with Crippen molar-refractivity contribution < 1.29 is 4.74 Å². The van der Waals surface area contributed by atoms with E-state index in [1.165, 1.54) is 17.5 Å². The van der Waals surface area contributed by atoms with Gasteiger partial charge >= 0.3 is 0 Å². The summed E-state index contributed by atoms with van der Waals surface area (Å²) in [6, 6.07) is 9.12. The Kier molecular flexibility index (Phi) is 4.97. The highest BCUT2D eigenvalue weighted by Crippen LogP contribution is 2.39. The number of nitrogens with one attached hydrogen (secondary N) is 1. The maximum atomic E-state index is 5.71. The van der Waals surface area contributed by atoms with Crippen LogP contribution in [0, 0.1) is 0 Å². The van der Waals surface area contributed by atoms with E-state index in [1.54, 1.807) is 0 Å². The first-order valence-electron chi connectivity index (χ1n) is 7.30. The average molecular weight is 262 g/mol. The molecule has 1 aromatic carbocycles. The Morgan fingerprint density at radius 3 is 2.32 bits per heavy atom. The van der Waals surface area contributed by atoms with Gasteiger partial charge in [0, 0.05) is 13.2 Å². The fraction of sp³-hybridized carbons (Fsp3) is 0.625. The second kappa shape index (κ2) is 6.51. The second-order valence-corrected chi connectivity index (χ2v) is 5.68. The largest absolute Gasteiger partial charge is 0.378 e. The van der Waals surface area contributed by atoms with Crippen molar-refractivity contribution in [3.05, 3.63) is 35.4 Å². The topological polar surface area (TPSA) is 47.3 Å². The van der Waals surface area contributed by atoms with E-state index in [4.69, 9.17) is 10.6 Å². The Balaban J connectivity index is 1.94. The Morgan fingerprint density at radius 2 is 1.89 bits per heavy atom. The van der Waals surface area contributed by atoms with Crippen LogP contribution in [0.2, 0.25) is 0 Å². The lowest BCUT2D eigenvalue weighted by molar-refractivity contribution is -0.0834. The molecular formula is C16H26N2O. The highest BCUT2D eigenvalue weighted by molar-refractivity contribution is 5.23. The SMILES string of the molecule is CCc1ccc(CC(CC2(OC)CCC2)NN)cc1. The van der Waals surface area contributed by atoms with Gasteiger partial charge in [-0.3, -0.25) is 11.3 Å². The number of hydrogen-bond acceptors (Lipinski definition) is 3. The van der Waals surface area contributed by atoms with Gasteiger partial charge in [-0.25, -0.2) is 0 Å². The Labute approximate surface area is 116 Å². The van der Waals surface area contributed by atoms with E-state index >= 15 is 0 Å². The molecular weight excluding hydrogens is 236 g/mol. The summed E-state index contributed by atoms with van der Waals surface area (Å²) in [6.45, 7) is 2.18. The number of hydrazine groups is 1. The molecule has 0 bridgehead atoms. The summed E-state index contributed by atoms with van der Waals surface area (Å²) in [4.78, 5) is 0. The third kappa shape index (κ3) is 3.56. The first-order chi connectivity index (χ1) is 9.21. The molecule has 19 heavy (non-hydrogen) atoms. The third-order valence-corrected chi connectivity index (χ3v) is 4.47. The minimum absolute atomic E-state index is 0.0698. The van der Waals surface area contributed by atoms with Crippen molar-refractivity contribution in [2.24, 2.45) is 5.84 Å². The Hall–Kier alpha value is -0.900. The van der Waals surface area contributed by atoms with E-state index in [0.29, 0.717) is 0 Å². The summed E-state index contributed by atoms with van der Waals surface area (Å²) in [7, 11) is 1.82. The standard InChI is InChI=1S/C16H26N2O/c1-3-13-5-7-14(8-6-13)11-15(18-17)12-16(19-2)9-4-10-16/h5-8,15,18H,3-4,9-12,17H2,1-2H3. The highest BCUT2D eigenvalue weighted by atomic mass is 16.5. The molecule has 1 atom stereocenters. The van der Waals surface area contributed by atoms with Gasteiger partial charge in [0.1, 0.15) is 0 Å². The lowest BCUT2D eigenvalue weighted by atomic mass is 9.75. The van der Waals surface area contributed by atoms with Crippen LogP contribution in [0.25, 0.3) is 0 Å². The zero-order valence-corrected chi connectivity index (χ0v) is 12.1. The summed E-state index contributed by atoms with van der Waals surface area (Å²) in [5, 5.41) is 0. The van der Waals surface area contributed by atoms with Gasteiger partial charge in [-0.1, -0.05) is 31.2 Å². The Morgan fingerprint density at radius 1 is 1.26 bits per heavy atom. The van der Waals surface area contributed by atoms with Crippen molar-refractivity contribution in [3.63, 3.8) is 0 Å². The number of hydrogen-bond donors (Lipinski definition) is 2. The predicted molar refractivity (Wildman–Crippen MR) is 78.8 cm³/mol. The van der Waals surface area contributed by atoms with Gasteiger partial charge in [-0.15, -0.1) is 0 Å². The lowest BCUT2D eigenvalue weighted by Crippen LogP contribution is -2.48. The van der Waals surface area contributed by atoms with Crippen LogP contribution in [0.5, 0.6) is 0 Å². The van der Waals surface area contributed by atoms with Gasteiger partial charge in [-0.05, 0) is 49.7 Å². The van der Waals surface area contributed by atoms with Crippen molar-refractivity contribution in [2.45, 2.75) is 57.1 Å². The fourth-order valence-electron chi connectivity index (χ4n) is 2.90. The van der Waals surface area contributed by atoms with Crippen LogP contribution in [0.1, 0.15) is 43.7 Å². The summed E-state index contributed by atoms with van der Waals surface area (Å²) in [5.41, 5.74) is 5.75. The van der Waals surface area contributed by atoms with Crippen molar-refractivity contribution in [2.75, 3.05) is 7.11 Å². The van der Waals surface area contributed by atoms with E-state index in [0.717, 1.165) is 32.1 Å². The smallest absolute Gasteiger partial charge is 0.0694 e. The number of benzene rings is 1. The number of nitrogens with two attached hydrogens (primary N) is 1. The van der Waals surface area contributed by atoms with Crippen LogP contribution in [0.15, 0.2) is 24.3 Å². The molecule has 0 saturated heterocycles. The molecule has 1 aliphatic rings. The predicted octanol–water partition coefficient (Wildman–Crippen LogP) is 2.58. The van der Waals surface area contributed by atoms with Crippen molar-refractivity contribution in [3.8, 4) is 0 Å². The van der Waals surface area contributed by atoms with Gasteiger partial charge in [-0.2, -0.15) is 0 Å². The quantitative estimate of drug-likeness (QED) is 0.586. The summed E-state index contributed by atoms with van der Waals surface area (Å²) < 4.78 is 5.68. The molecule has 1 aromatic rings. The Bertz CT molecular complexity index is 379. The summed E-state index contributed by atoms with van der Waals surface area (Å²) in [6.07, 6.45) is 6.65. The normalized spacial score (nSPS) is 18.9. The molecule has 0 heterocycles. The molecule has 3 heteroatoms. The van der Waals surface area contributed by atoms with Gasteiger partial charge < -0.3 is 4.74 Å². The molecule has 106 valence electrons. The molecule has 1 fully saturated rings. The summed E-state index contributed by atoms with van der Waals surface area (Å²) in [5.74, 6) is 5.71. The third-order valence-electron chi connectivity index (χ3n) is 4.47. The first-order valence-corrected chi connectivity index (χ1v) is 7.30. The highest BCUT2D eigenvalue weighted by Gasteiger charge is 2.38. The van der Waals surface area contributed by atoms with Crippen LogP contribution in [-0.4, -0.2) is 18.8 Å². The minimum atomic E-state index is 0.0698. The van der Waals surface area contributed by atoms with Gasteiger partial charge in [0.25, 0.3) is 0 Å². The van der Waals surface area contributed by atoms with E-state index in [-0.39, 0.29) is 11.6 Å². The van der Waals surface area contributed by atoms with Crippen LogP contribution < -0.4 is 11.3 Å². The van der Waals surface area contributed by atoms with Crippen LogP contribution in [-0.2, 0) is 17.6 Å². The average Bonchev–Trinajstić information content (AvgIpc) is 2.42. The number of rotatable bonds is 7. The lowest BCUT2D eigenvalue weighted by Gasteiger charge is -2.42. The monoisotopic (exact) mass is 262 g/mol. The number of ether oxygens (including phenoxy) is 1. The zero-order valence-electron chi connectivity index (χ0n) is 12.1. The van der Waals surface area contributed by atoms with Crippen molar-refractivity contribution >= 4 is 0 Å². The zero-order chi connectivity index (χ0) is 13.7. The van der Waals surface area contributed by atoms with Crippen LogP contribution >= 0.6 is 0 Å². The molecule has 0 spiro atoms. The van der Waals surface area contributed by atoms with E-state index in [2.05, 4.69) is 36.6 Å². The molecule has 1 aliphatic carbocycles. The molecule has 2 rings (SSSR count). The summed E-state index contributed by atoms with van der Waals surface area (Å²) >= 11 is 0. The van der Waals surface area contributed by atoms with Crippen LogP contribution in [0.4, 0.5) is 0 Å². The van der Waals surface area contributed by atoms with Crippen LogP contribution in [0.3, 0.4) is 0 Å². The van der Waals surface area contributed by atoms with Gasteiger partial charge in [0.2, 0.25) is 0 Å². The molecule has 1 unspecified atom stereocenters. The van der Waals surface area contributed by atoms with E-state index < -0.39 is 0 Å². The minimum Gasteiger partial charge on any atom is -0.378 e. The fourth-order valence-corrected chi connectivity index (χ4v) is 2.90. The molecule has 1 saturated carbocycles. The molecule has 0 amide bonds. The van der Waals surface area contributed by atoms with Crippen molar-refractivity contribution in [1.29, 1.82) is 0 Å². The molecule has 3 N–H and O–H groups in total. The van der Waals surface area contributed by atoms with Crippen molar-refractivity contribution in [1.82, 2.24) is 5.43 Å². The number of aryl methyl sites for hydroxylation is 1. The maximum absolute atomic E-state index is 5.71. The molecule has 3 nitrogen and oxygen atoms in total. The molecule has 0 radical (unpaired) electrons. The van der Waals surface area contributed by atoms with E-state index in [9.17, 15) is 0 Å².